The molecule has 0 atom stereocenters. The first-order valence-corrected chi connectivity index (χ1v) is 7.64. The third-order valence-electron chi connectivity index (χ3n) is 2.73. The SMILES string of the molecule is O=[N+]([O-])c1ccc(S(=O)(=O)N([C]=S)c2ccc(F)cc2)cc1. The van der Waals surface area contributed by atoms with E-state index in [1.807, 2.05) is 0 Å². The zero-order valence-corrected chi connectivity index (χ0v) is 12.5. The quantitative estimate of drug-likeness (QED) is 0.362. The largest absolute Gasteiger partial charge is 0.269 e. The Labute approximate surface area is 131 Å². The number of nitrogens with zero attached hydrogens (tertiary/aromatic N) is 2. The van der Waals surface area contributed by atoms with Gasteiger partial charge in [0.15, 0.2) is 5.49 Å². The smallest absolute Gasteiger partial charge is 0.258 e. The molecule has 2 rings (SSSR count). The van der Waals surface area contributed by atoms with Gasteiger partial charge in [0.25, 0.3) is 15.7 Å². The van der Waals surface area contributed by atoms with Gasteiger partial charge in [-0.1, -0.05) is 12.2 Å². The number of nitro benzene ring substituents is 1. The first kappa shape index (κ1) is 16.0. The van der Waals surface area contributed by atoms with Crippen LogP contribution < -0.4 is 4.31 Å². The Morgan fingerprint density at radius 3 is 2.09 bits per heavy atom. The number of thiocarbonyl (C=S) groups is 1. The van der Waals surface area contributed by atoms with Crippen molar-refractivity contribution in [3.8, 4) is 0 Å². The number of anilines is 1. The number of hydrogen-bond donors (Lipinski definition) is 0. The molecule has 0 aromatic heterocycles. The summed E-state index contributed by atoms with van der Waals surface area (Å²) in [7, 11) is -4.09. The van der Waals surface area contributed by atoms with Crippen LogP contribution in [0.1, 0.15) is 0 Å². The predicted molar refractivity (Wildman–Crippen MR) is 81.8 cm³/mol. The lowest BCUT2D eigenvalue weighted by Crippen LogP contribution is -2.28. The predicted octanol–water partition coefficient (Wildman–Crippen LogP) is 2.76. The Morgan fingerprint density at radius 1 is 1.09 bits per heavy atom. The van der Waals surface area contributed by atoms with Crippen molar-refractivity contribution in [2.24, 2.45) is 0 Å². The second-order valence-corrected chi connectivity index (χ2v) is 6.06. The molecule has 0 unspecified atom stereocenters. The second kappa shape index (κ2) is 6.16. The molecule has 9 heteroatoms. The number of sulfonamides is 1. The first-order chi connectivity index (χ1) is 10.4. The third-order valence-corrected chi connectivity index (χ3v) is 4.68. The molecule has 0 saturated heterocycles. The zero-order chi connectivity index (χ0) is 16.3. The van der Waals surface area contributed by atoms with E-state index in [2.05, 4.69) is 17.7 Å². The summed E-state index contributed by atoms with van der Waals surface area (Å²) in [6.45, 7) is 0. The van der Waals surface area contributed by atoms with Gasteiger partial charge in [0, 0.05) is 12.1 Å². The molecule has 0 heterocycles. The molecule has 0 spiro atoms. The molecule has 2 aromatic carbocycles. The van der Waals surface area contributed by atoms with Crippen molar-refractivity contribution < 1.29 is 17.7 Å². The molecule has 22 heavy (non-hydrogen) atoms. The van der Waals surface area contributed by atoms with Crippen LogP contribution in [0.2, 0.25) is 0 Å². The van der Waals surface area contributed by atoms with Gasteiger partial charge >= 0.3 is 0 Å². The Bertz CT molecular complexity index is 805. The van der Waals surface area contributed by atoms with E-state index < -0.39 is 20.8 Å². The molecule has 0 fully saturated rings. The van der Waals surface area contributed by atoms with Crippen LogP contribution in [0, 0.1) is 15.9 Å². The van der Waals surface area contributed by atoms with Gasteiger partial charge in [-0.15, -0.1) is 0 Å². The molecule has 113 valence electrons. The summed E-state index contributed by atoms with van der Waals surface area (Å²) < 4.78 is 38.5. The monoisotopic (exact) mass is 339 g/mol. The van der Waals surface area contributed by atoms with Gasteiger partial charge in [-0.3, -0.25) is 10.1 Å². The van der Waals surface area contributed by atoms with Gasteiger partial charge in [0.2, 0.25) is 0 Å². The summed E-state index contributed by atoms with van der Waals surface area (Å²) in [5.41, 5.74) is 1.96. The van der Waals surface area contributed by atoms with Gasteiger partial charge in [-0.25, -0.2) is 17.1 Å². The number of halogens is 1. The molecule has 1 radical (unpaired) electrons. The molecule has 0 aliphatic carbocycles. The standard InChI is InChI=1S/C13H8FN2O4S2/c14-10-1-3-11(4-2-10)15(9-21)22(19,20)13-7-5-12(6-8-13)16(17)18/h1-8H. The van der Waals surface area contributed by atoms with Crippen molar-refractivity contribution in [3.63, 3.8) is 0 Å². The van der Waals surface area contributed by atoms with E-state index in [0.29, 0.717) is 4.31 Å². The third kappa shape index (κ3) is 3.10. The fraction of sp³-hybridized carbons (Fsp3) is 0. The Balaban J connectivity index is 2.44. The number of rotatable bonds is 5. The molecule has 0 amide bonds. The highest BCUT2D eigenvalue weighted by Gasteiger charge is 2.24. The Kier molecular flexibility index (Phi) is 4.48. The Hall–Kier alpha value is -2.39. The molecule has 0 aliphatic heterocycles. The van der Waals surface area contributed by atoms with Crippen LogP contribution in [0.3, 0.4) is 0 Å². The average molecular weight is 339 g/mol. The summed E-state index contributed by atoms with van der Waals surface area (Å²) in [4.78, 5) is 9.75. The second-order valence-electron chi connectivity index (χ2n) is 4.09. The maximum Gasteiger partial charge on any atom is 0.269 e. The zero-order valence-electron chi connectivity index (χ0n) is 10.8. The van der Waals surface area contributed by atoms with E-state index in [4.69, 9.17) is 0 Å². The minimum absolute atomic E-state index is 0.106. The highest BCUT2D eigenvalue weighted by atomic mass is 32.2. The molecule has 0 bridgehead atoms. The fourth-order valence-electron chi connectivity index (χ4n) is 1.66. The van der Waals surface area contributed by atoms with E-state index in [0.717, 1.165) is 36.4 Å². The molecule has 0 saturated carbocycles. The number of nitro groups is 1. The summed E-state index contributed by atoms with van der Waals surface area (Å²) in [5, 5.41) is 10.6. The van der Waals surface area contributed by atoms with Crippen LogP contribution in [0.25, 0.3) is 0 Å². The maximum atomic E-state index is 12.9. The molecule has 0 aliphatic rings. The minimum Gasteiger partial charge on any atom is -0.258 e. The van der Waals surface area contributed by atoms with Gasteiger partial charge in [-0.05, 0) is 36.4 Å². The maximum absolute atomic E-state index is 12.9. The van der Waals surface area contributed by atoms with E-state index >= 15 is 0 Å². The summed E-state index contributed by atoms with van der Waals surface area (Å²) in [6.07, 6.45) is 0. The summed E-state index contributed by atoms with van der Waals surface area (Å²) in [5.74, 6) is -0.527. The molecular formula is C13H8FN2O4S2. The van der Waals surface area contributed by atoms with Gasteiger partial charge < -0.3 is 0 Å². The van der Waals surface area contributed by atoms with Crippen molar-refractivity contribution in [3.05, 3.63) is 64.5 Å². The normalized spacial score (nSPS) is 11.0. The number of non-ortho nitro benzene ring substituents is 1. The van der Waals surface area contributed by atoms with Gasteiger partial charge in [-0.2, -0.15) is 0 Å². The molecule has 6 nitrogen and oxygen atoms in total. The first-order valence-electron chi connectivity index (χ1n) is 5.79. The minimum atomic E-state index is -4.09. The van der Waals surface area contributed by atoms with Crippen molar-refractivity contribution in [1.82, 2.24) is 0 Å². The van der Waals surface area contributed by atoms with E-state index in [1.54, 1.807) is 0 Å². The van der Waals surface area contributed by atoms with Crippen LogP contribution >= 0.6 is 12.2 Å². The van der Waals surface area contributed by atoms with Crippen LogP contribution in [0.5, 0.6) is 0 Å². The highest BCUT2D eigenvalue weighted by Crippen LogP contribution is 2.24. The average Bonchev–Trinajstić information content (AvgIpc) is 2.50. The van der Waals surface area contributed by atoms with Crippen LogP contribution in [0.4, 0.5) is 15.8 Å². The van der Waals surface area contributed by atoms with Crippen molar-refractivity contribution >= 4 is 39.1 Å². The van der Waals surface area contributed by atoms with Crippen LogP contribution in [0.15, 0.2) is 53.4 Å². The van der Waals surface area contributed by atoms with E-state index in [9.17, 15) is 22.9 Å². The summed E-state index contributed by atoms with van der Waals surface area (Å²) in [6, 6.07) is 8.96. The van der Waals surface area contributed by atoms with Gasteiger partial charge in [0.1, 0.15) is 5.82 Å². The van der Waals surface area contributed by atoms with Crippen LogP contribution in [-0.4, -0.2) is 18.8 Å². The number of benzene rings is 2. The van der Waals surface area contributed by atoms with Crippen LogP contribution in [-0.2, 0) is 10.0 Å². The molecule has 2 aromatic rings. The van der Waals surface area contributed by atoms with Gasteiger partial charge in [0.05, 0.1) is 15.5 Å². The van der Waals surface area contributed by atoms with Crippen molar-refractivity contribution in [1.29, 1.82) is 0 Å². The van der Waals surface area contributed by atoms with Crippen molar-refractivity contribution in [2.45, 2.75) is 4.90 Å². The fourth-order valence-corrected chi connectivity index (χ4v) is 3.25. The lowest BCUT2D eigenvalue weighted by atomic mass is 10.3. The topological polar surface area (TPSA) is 80.5 Å². The molecule has 0 N–H and O–H groups in total. The Morgan fingerprint density at radius 2 is 1.64 bits per heavy atom. The summed E-state index contributed by atoms with van der Waals surface area (Å²) >= 11 is 4.60. The lowest BCUT2D eigenvalue weighted by Gasteiger charge is -2.18. The lowest BCUT2D eigenvalue weighted by molar-refractivity contribution is -0.384. The highest BCUT2D eigenvalue weighted by molar-refractivity contribution is 7.95. The van der Waals surface area contributed by atoms with E-state index in [-0.39, 0.29) is 16.3 Å². The molecular weight excluding hydrogens is 331 g/mol. The number of hydrogen-bond acceptors (Lipinski definition) is 5. The van der Waals surface area contributed by atoms with E-state index in [1.165, 1.54) is 12.1 Å². The van der Waals surface area contributed by atoms with Crippen molar-refractivity contribution in [2.75, 3.05) is 4.31 Å².